The third-order valence-corrected chi connectivity index (χ3v) is 4.45. The number of pyridine rings is 1. The van der Waals surface area contributed by atoms with Gasteiger partial charge in [-0.15, -0.1) is 11.3 Å². The fourth-order valence-electron chi connectivity index (χ4n) is 2.48. The van der Waals surface area contributed by atoms with Crippen LogP contribution in [0, 0.1) is 6.07 Å². The molecule has 0 unspecified atom stereocenters. The smallest absolute Gasteiger partial charge is 0.0361 e. The molecule has 89 valence electrons. The summed E-state index contributed by atoms with van der Waals surface area (Å²) in [5, 5.41) is 2.59. The van der Waals surface area contributed by atoms with Crippen molar-refractivity contribution in [2.45, 2.75) is 0 Å². The van der Waals surface area contributed by atoms with Crippen LogP contribution in [0.5, 0.6) is 0 Å². The Hall–Kier alpha value is -2.19. The molecule has 4 rings (SSSR count). The van der Waals surface area contributed by atoms with E-state index in [-0.39, 0.29) is 0 Å². The lowest BCUT2D eigenvalue weighted by Gasteiger charge is -2.03. The van der Waals surface area contributed by atoms with Gasteiger partial charge in [0.1, 0.15) is 0 Å². The molecular formula is C17H10NS. The highest BCUT2D eigenvalue weighted by atomic mass is 32.1. The van der Waals surface area contributed by atoms with Gasteiger partial charge in [0.2, 0.25) is 0 Å². The first-order valence-corrected chi connectivity index (χ1v) is 6.97. The number of thiophene rings is 1. The van der Waals surface area contributed by atoms with Crippen LogP contribution in [-0.4, -0.2) is 4.98 Å². The van der Waals surface area contributed by atoms with Crippen LogP contribution in [0.3, 0.4) is 0 Å². The van der Waals surface area contributed by atoms with E-state index in [2.05, 4.69) is 47.4 Å². The molecule has 0 aliphatic rings. The molecule has 0 saturated heterocycles. The zero-order valence-electron chi connectivity index (χ0n) is 10.1. The standard InChI is InChI=1S/C17H10NS/c1-2-8-15-14(6-1)17-13(7-3-9-16(17)19-15)12-5-4-10-18-11-12/h2-11H. The van der Waals surface area contributed by atoms with Gasteiger partial charge in [0.15, 0.2) is 0 Å². The molecule has 0 saturated carbocycles. The van der Waals surface area contributed by atoms with E-state index in [1.54, 1.807) is 0 Å². The summed E-state index contributed by atoms with van der Waals surface area (Å²) in [4.78, 5) is 4.23. The molecule has 0 atom stereocenters. The molecular weight excluding hydrogens is 250 g/mol. The fourth-order valence-corrected chi connectivity index (χ4v) is 3.59. The number of rotatable bonds is 1. The number of hydrogen-bond donors (Lipinski definition) is 0. The second kappa shape index (κ2) is 4.18. The molecule has 0 aliphatic heterocycles. The molecule has 2 aromatic carbocycles. The molecule has 2 aromatic heterocycles. The Labute approximate surface area is 115 Å². The monoisotopic (exact) mass is 260 g/mol. The Balaban J connectivity index is 2.17. The maximum atomic E-state index is 4.23. The highest BCUT2D eigenvalue weighted by Gasteiger charge is 2.09. The molecule has 1 nitrogen and oxygen atoms in total. The zero-order valence-corrected chi connectivity index (χ0v) is 10.9. The minimum absolute atomic E-state index is 1.16. The highest BCUT2D eigenvalue weighted by Crippen LogP contribution is 2.39. The summed E-state index contributed by atoms with van der Waals surface area (Å²) in [5.41, 5.74) is 2.41. The van der Waals surface area contributed by atoms with Crippen LogP contribution in [0.1, 0.15) is 0 Å². The third kappa shape index (κ3) is 1.65. The SMILES string of the molecule is [c]1ccc2sc3cccc(-c4cccnc4)c3c2c1. The first-order valence-electron chi connectivity index (χ1n) is 6.15. The van der Waals surface area contributed by atoms with E-state index in [1.807, 2.05) is 35.9 Å². The summed E-state index contributed by atoms with van der Waals surface area (Å²) in [6.07, 6.45) is 3.73. The van der Waals surface area contributed by atoms with Gasteiger partial charge < -0.3 is 0 Å². The van der Waals surface area contributed by atoms with Gasteiger partial charge in [0.25, 0.3) is 0 Å². The molecule has 0 bridgehead atoms. The highest BCUT2D eigenvalue weighted by molar-refractivity contribution is 7.25. The minimum Gasteiger partial charge on any atom is -0.264 e. The van der Waals surface area contributed by atoms with Crippen LogP contribution in [0.4, 0.5) is 0 Å². The summed E-state index contributed by atoms with van der Waals surface area (Å²) >= 11 is 1.83. The molecule has 19 heavy (non-hydrogen) atoms. The number of aromatic nitrogens is 1. The predicted molar refractivity (Wildman–Crippen MR) is 81.4 cm³/mol. The number of fused-ring (bicyclic) bond motifs is 3. The van der Waals surface area contributed by atoms with E-state index in [9.17, 15) is 0 Å². The van der Waals surface area contributed by atoms with Crippen LogP contribution >= 0.6 is 11.3 Å². The van der Waals surface area contributed by atoms with Crippen LogP contribution in [0.25, 0.3) is 31.3 Å². The normalized spacial score (nSPS) is 11.2. The molecule has 2 heterocycles. The lowest BCUT2D eigenvalue weighted by Crippen LogP contribution is -1.80. The maximum absolute atomic E-state index is 4.23. The van der Waals surface area contributed by atoms with Gasteiger partial charge >= 0.3 is 0 Å². The Morgan fingerprint density at radius 1 is 1.00 bits per heavy atom. The second-order valence-electron chi connectivity index (χ2n) is 4.44. The van der Waals surface area contributed by atoms with Gasteiger partial charge in [-0.05, 0) is 35.9 Å². The van der Waals surface area contributed by atoms with Gasteiger partial charge in [0.05, 0.1) is 0 Å². The summed E-state index contributed by atoms with van der Waals surface area (Å²) < 4.78 is 2.63. The summed E-state index contributed by atoms with van der Waals surface area (Å²) in [7, 11) is 0. The zero-order chi connectivity index (χ0) is 12.7. The minimum atomic E-state index is 1.16. The van der Waals surface area contributed by atoms with Crippen molar-refractivity contribution in [3.63, 3.8) is 0 Å². The van der Waals surface area contributed by atoms with Gasteiger partial charge in [0, 0.05) is 38.1 Å². The summed E-state index contributed by atoms with van der Waals surface area (Å²) in [6, 6.07) is 19.9. The predicted octanol–water partition coefficient (Wildman–Crippen LogP) is 4.92. The molecule has 0 spiro atoms. The average Bonchev–Trinajstić information content (AvgIpc) is 2.86. The Morgan fingerprint density at radius 3 is 2.89 bits per heavy atom. The Kier molecular flexibility index (Phi) is 2.35. The van der Waals surface area contributed by atoms with Crippen LogP contribution < -0.4 is 0 Å². The number of hydrogen-bond acceptors (Lipinski definition) is 2. The number of nitrogens with zero attached hydrogens (tertiary/aromatic N) is 1. The molecule has 0 amide bonds. The van der Waals surface area contributed by atoms with Gasteiger partial charge in [-0.2, -0.15) is 0 Å². The first-order chi connectivity index (χ1) is 9.43. The second-order valence-corrected chi connectivity index (χ2v) is 5.53. The molecule has 4 aromatic rings. The summed E-state index contributed by atoms with van der Waals surface area (Å²) in [6.45, 7) is 0. The molecule has 2 heteroatoms. The maximum Gasteiger partial charge on any atom is 0.0361 e. The molecule has 0 aliphatic carbocycles. The Bertz CT molecular complexity index is 862. The van der Waals surface area contributed by atoms with Crippen molar-refractivity contribution >= 4 is 31.5 Å². The van der Waals surface area contributed by atoms with Crippen molar-refractivity contribution in [1.29, 1.82) is 0 Å². The molecule has 1 radical (unpaired) electrons. The fraction of sp³-hybridized carbons (Fsp3) is 0. The van der Waals surface area contributed by atoms with E-state index < -0.39 is 0 Å². The lowest BCUT2D eigenvalue weighted by molar-refractivity contribution is 1.33. The van der Waals surface area contributed by atoms with Crippen molar-refractivity contribution in [2.75, 3.05) is 0 Å². The van der Waals surface area contributed by atoms with E-state index in [0.717, 1.165) is 5.56 Å². The van der Waals surface area contributed by atoms with Gasteiger partial charge in [-0.25, -0.2) is 0 Å². The van der Waals surface area contributed by atoms with Gasteiger partial charge in [-0.3, -0.25) is 4.98 Å². The quantitative estimate of drug-likeness (QED) is 0.473. The van der Waals surface area contributed by atoms with E-state index in [4.69, 9.17) is 0 Å². The lowest BCUT2D eigenvalue weighted by atomic mass is 10.0. The summed E-state index contributed by atoms with van der Waals surface area (Å²) in [5.74, 6) is 0. The van der Waals surface area contributed by atoms with E-state index >= 15 is 0 Å². The molecule has 0 fully saturated rings. The van der Waals surface area contributed by atoms with E-state index in [0.29, 0.717) is 0 Å². The van der Waals surface area contributed by atoms with Crippen LogP contribution in [-0.2, 0) is 0 Å². The third-order valence-electron chi connectivity index (χ3n) is 3.31. The van der Waals surface area contributed by atoms with Crippen LogP contribution in [0.2, 0.25) is 0 Å². The first kappa shape index (κ1) is 10.7. The van der Waals surface area contributed by atoms with E-state index in [1.165, 1.54) is 25.7 Å². The number of benzene rings is 2. The van der Waals surface area contributed by atoms with Crippen molar-refractivity contribution in [2.24, 2.45) is 0 Å². The largest absolute Gasteiger partial charge is 0.264 e. The van der Waals surface area contributed by atoms with Crippen LogP contribution in [0.15, 0.2) is 60.9 Å². The Morgan fingerprint density at radius 2 is 2.00 bits per heavy atom. The van der Waals surface area contributed by atoms with Crippen molar-refractivity contribution in [1.82, 2.24) is 4.98 Å². The van der Waals surface area contributed by atoms with Crippen molar-refractivity contribution < 1.29 is 0 Å². The van der Waals surface area contributed by atoms with Gasteiger partial charge in [-0.1, -0.05) is 24.3 Å². The molecule has 0 N–H and O–H groups in total. The van der Waals surface area contributed by atoms with Crippen molar-refractivity contribution in [3.05, 3.63) is 67.0 Å². The topological polar surface area (TPSA) is 12.9 Å². The average molecular weight is 260 g/mol. The van der Waals surface area contributed by atoms with Crippen molar-refractivity contribution in [3.8, 4) is 11.1 Å².